The topological polar surface area (TPSA) is 99.9 Å². The van der Waals surface area contributed by atoms with Gasteiger partial charge in [0, 0.05) is 49.3 Å². The Morgan fingerprint density at radius 2 is 1.71 bits per heavy atom. The molecule has 5 rings (SSSR count). The van der Waals surface area contributed by atoms with Crippen molar-refractivity contribution in [3.8, 4) is 0 Å². The lowest BCUT2D eigenvalue weighted by molar-refractivity contribution is -0.119. The molecule has 38 heavy (non-hydrogen) atoms. The highest BCUT2D eigenvalue weighted by atomic mass is 16.5. The van der Waals surface area contributed by atoms with E-state index in [0.29, 0.717) is 12.0 Å². The van der Waals surface area contributed by atoms with E-state index in [2.05, 4.69) is 15.5 Å². The molecule has 1 atom stereocenters. The highest BCUT2D eigenvalue weighted by Crippen LogP contribution is 2.37. The van der Waals surface area contributed by atoms with Crippen molar-refractivity contribution in [2.45, 2.75) is 12.5 Å². The van der Waals surface area contributed by atoms with Gasteiger partial charge < -0.3 is 26.0 Å². The molecule has 2 heterocycles. The zero-order valence-electron chi connectivity index (χ0n) is 21.5. The summed E-state index contributed by atoms with van der Waals surface area (Å²) in [4.78, 5) is 29.9. The van der Waals surface area contributed by atoms with Crippen molar-refractivity contribution >= 4 is 40.1 Å². The molecule has 2 aliphatic rings. The Balaban J connectivity index is 1.32. The highest BCUT2D eigenvalue weighted by Gasteiger charge is 2.28. The minimum absolute atomic E-state index is 0.120. The monoisotopic (exact) mass is 511 g/mol. The van der Waals surface area contributed by atoms with Crippen molar-refractivity contribution < 1.29 is 14.3 Å². The van der Waals surface area contributed by atoms with Crippen LogP contribution in [0.4, 0.5) is 17.1 Å². The van der Waals surface area contributed by atoms with Crippen LogP contribution in [-0.2, 0) is 14.3 Å². The molecule has 3 aromatic rings. The van der Waals surface area contributed by atoms with Crippen LogP contribution in [0.2, 0.25) is 0 Å². The number of morpholine rings is 1. The maximum absolute atomic E-state index is 13.0. The first kappa shape index (κ1) is 25.7. The molecule has 0 bridgehead atoms. The lowest BCUT2D eigenvalue weighted by Crippen LogP contribution is -2.45. The number of nitrogens with one attached hydrogen (secondary N) is 2. The highest BCUT2D eigenvalue weighted by molar-refractivity contribution is 6.37. The molecular formula is C30H33N5O3. The fourth-order valence-electron chi connectivity index (χ4n) is 4.81. The summed E-state index contributed by atoms with van der Waals surface area (Å²) < 4.78 is 5.38. The summed E-state index contributed by atoms with van der Waals surface area (Å²) in [7, 11) is 1.75. The predicted octanol–water partition coefficient (Wildman–Crippen LogP) is 3.63. The molecule has 0 aliphatic carbocycles. The van der Waals surface area contributed by atoms with Crippen molar-refractivity contribution in [3.63, 3.8) is 0 Å². The number of rotatable bonds is 8. The Hall–Kier alpha value is -3.98. The van der Waals surface area contributed by atoms with Crippen LogP contribution < -0.4 is 21.3 Å². The molecule has 196 valence electrons. The van der Waals surface area contributed by atoms with Crippen molar-refractivity contribution in [1.82, 2.24) is 4.90 Å². The molecule has 8 nitrogen and oxygen atoms in total. The first-order valence-corrected chi connectivity index (χ1v) is 12.9. The Labute approximate surface area is 223 Å². The second-order valence-corrected chi connectivity index (χ2v) is 9.53. The van der Waals surface area contributed by atoms with Crippen LogP contribution in [0, 0.1) is 0 Å². The molecule has 1 unspecified atom stereocenters. The number of hydrogen-bond acceptors (Lipinski definition) is 6. The van der Waals surface area contributed by atoms with Crippen molar-refractivity contribution in [1.29, 1.82) is 0 Å². The molecule has 0 saturated carbocycles. The number of likely N-dealkylation sites (N-methyl/N-ethyl adjacent to an activating group) is 1. The van der Waals surface area contributed by atoms with E-state index in [9.17, 15) is 9.59 Å². The number of benzene rings is 3. The Kier molecular flexibility index (Phi) is 7.83. The third-order valence-corrected chi connectivity index (χ3v) is 7.02. The van der Waals surface area contributed by atoms with E-state index in [1.54, 1.807) is 11.9 Å². The molecule has 1 saturated heterocycles. The number of nitrogens with two attached hydrogens (primary N) is 1. The lowest BCUT2D eigenvalue weighted by atomic mass is 10.00. The number of hydrogen-bond donors (Lipinski definition) is 3. The number of anilines is 3. The summed E-state index contributed by atoms with van der Waals surface area (Å²) >= 11 is 0. The molecule has 8 heteroatoms. The molecule has 4 N–H and O–H groups in total. The van der Waals surface area contributed by atoms with Gasteiger partial charge in [-0.15, -0.1) is 0 Å². The summed E-state index contributed by atoms with van der Waals surface area (Å²) in [5, 5.41) is 6.42. The van der Waals surface area contributed by atoms with Crippen molar-refractivity contribution in [3.05, 3.63) is 90.0 Å². The van der Waals surface area contributed by atoms with Gasteiger partial charge in [0.2, 0.25) is 5.91 Å². The third-order valence-electron chi connectivity index (χ3n) is 7.02. The van der Waals surface area contributed by atoms with Gasteiger partial charge in [0.1, 0.15) is 0 Å². The summed E-state index contributed by atoms with van der Waals surface area (Å²) in [6.07, 6.45) is 0.598. The lowest BCUT2D eigenvalue weighted by Gasteiger charge is -2.28. The maximum Gasteiger partial charge on any atom is 0.258 e. The van der Waals surface area contributed by atoms with E-state index >= 15 is 0 Å². The molecule has 1 fully saturated rings. The van der Waals surface area contributed by atoms with Crippen LogP contribution in [-0.4, -0.2) is 62.7 Å². The molecule has 0 spiro atoms. The Morgan fingerprint density at radius 3 is 2.45 bits per heavy atom. The average Bonchev–Trinajstić information content (AvgIpc) is 3.30. The number of carbonyl (C=O) groups excluding carboxylic acids is 2. The number of amides is 2. The molecule has 2 amide bonds. The van der Waals surface area contributed by atoms with E-state index in [-0.39, 0.29) is 11.8 Å². The largest absolute Gasteiger partial charge is 0.379 e. The van der Waals surface area contributed by atoms with Crippen LogP contribution in [0.25, 0.3) is 11.3 Å². The number of para-hydroxylation sites is 1. The first-order valence-electron chi connectivity index (χ1n) is 12.9. The predicted molar refractivity (Wildman–Crippen MR) is 152 cm³/mol. The molecule has 0 radical (unpaired) electrons. The average molecular weight is 512 g/mol. The molecule has 3 aromatic carbocycles. The molecule has 2 aliphatic heterocycles. The van der Waals surface area contributed by atoms with E-state index in [1.165, 1.54) is 0 Å². The van der Waals surface area contributed by atoms with E-state index in [0.717, 1.165) is 66.7 Å². The summed E-state index contributed by atoms with van der Waals surface area (Å²) in [5.74, 6) is -0.268. The second-order valence-electron chi connectivity index (χ2n) is 9.53. The fourth-order valence-corrected chi connectivity index (χ4v) is 4.81. The third kappa shape index (κ3) is 5.62. The minimum Gasteiger partial charge on any atom is -0.379 e. The van der Waals surface area contributed by atoms with E-state index in [4.69, 9.17) is 10.5 Å². The van der Waals surface area contributed by atoms with E-state index < -0.39 is 6.04 Å². The van der Waals surface area contributed by atoms with Crippen LogP contribution >= 0.6 is 0 Å². The Morgan fingerprint density at radius 1 is 1.03 bits per heavy atom. The zero-order chi connectivity index (χ0) is 26.5. The van der Waals surface area contributed by atoms with Crippen LogP contribution in [0.3, 0.4) is 0 Å². The molecule has 0 aromatic heterocycles. The van der Waals surface area contributed by atoms with Crippen LogP contribution in [0.1, 0.15) is 17.5 Å². The summed E-state index contributed by atoms with van der Waals surface area (Å²) in [5.41, 5.74) is 11.7. The van der Waals surface area contributed by atoms with Crippen molar-refractivity contribution in [2.24, 2.45) is 5.73 Å². The van der Waals surface area contributed by atoms with Crippen LogP contribution in [0.15, 0.2) is 78.9 Å². The zero-order valence-corrected chi connectivity index (χ0v) is 21.5. The quantitative estimate of drug-likeness (QED) is 0.400. The fraction of sp³-hybridized carbons (Fsp3) is 0.267. The number of ether oxygens (including phenoxy) is 1. The van der Waals surface area contributed by atoms with Gasteiger partial charge in [0.05, 0.1) is 30.5 Å². The normalized spacial score (nSPS) is 17.4. The van der Waals surface area contributed by atoms with Gasteiger partial charge in [-0.05, 0) is 42.3 Å². The Bertz CT molecular complexity index is 1320. The van der Waals surface area contributed by atoms with Crippen molar-refractivity contribution in [2.75, 3.05) is 55.4 Å². The first-order chi connectivity index (χ1) is 18.5. The SMILES string of the molecule is CN(C(=O)C(N)CCN1CCOCC1)c1ccc(N/C(=C2\C(=O)Nc3ccccc32)c2ccccc2)cc1. The van der Waals surface area contributed by atoms with Gasteiger partial charge in [0.25, 0.3) is 5.91 Å². The summed E-state index contributed by atoms with van der Waals surface area (Å²) in [6, 6.07) is 24.5. The molecular weight excluding hydrogens is 478 g/mol. The van der Waals surface area contributed by atoms with Gasteiger partial charge in [-0.2, -0.15) is 0 Å². The van der Waals surface area contributed by atoms with Gasteiger partial charge in [-0.3, -0.25) is 14.5 Å². The van der Waals surface area contributed by atoms with Gasteiger partial charge in [-0.1, -0.05) is 48.5 Å². The minimum atomic E-state index is -0.573. The summed E-state index contributed by atoms with van der Waals surface area (Å²) in [6.45, 7) is 3.98. The van der Waals surface area contributed by atoms with Crippen LogP contribution in [0.5, 0.6) is 0 Å². The van der Waals surface area contributed by atoms with Gasteiger partial charge >= 0.3 is 0 Å². The maximum atomic E-state index is 13.0. The number of carbonyl (C=O) groups is 2. The van der Waals surface area contributed by atoms with Gasteiger partial charge in [0.15, 0.2) is 0 Å². The number of fused-ring (bicyclic) bond motifs is 1. The standard InChI is InChI=1S/C30H33N5O3/c1-34(30(37)25(31)15-16-35-17-19-38-20-18-35)23-13-11-22(12-14-23)32-28(21-7-3-2-4-8-21)27-24-9-5-6-10-26(24)33-29(27)36/h2-14,25,32H,15-20,31H2,1H3,(H,33,36)/b28-27-. The second kappa shape index (κ2) is 11.6. The van der Waals surface area contributed by atoms with Gasteiger partial charge in [-0.25, -0.2) is 0 Å². The smallest absolute Gasteiger partial charge is 0.258 e. The van der Waals surface area contributed by atoms with E-state index in [1.807, 2.05) is 78.9 Å². The number of nitrogens with zero attached hydrogens (tertiary/aromatic N) is 2.